The molecule has 1 amide bonds. The molecule has 0 radical (unpaired) electrons. The lowest BCUT2D eigenvalue weighted by Gasteiger charge is -2.30. The molecule has 142 valence electrons. The zero-order valence-corrected chi connectivity index (χ0v) is 16.7. The van der Waals surface area contributed by atoms with Gasteiger partial charge in [0.1, 0.15) is 0 Å². The first-order valence-electron chi connectivity index (χ1n) is 9.67. The molecule has 1 saturated carbocycles. The van der Waals surface area contributed by atoms with Crippen LogP contribution in [0.4, 0.5) is 5.69 Å². The summed E-state index contributed by atoms with van der Waals surface area (Å²) in [4.78, 5) is 30.8. The molecule has 5 rings (SSSR count). The van der Waals surface area contributed by atoms with Crippen LogP contribution in [0.15, 0.2) is 40.5 Å². The van der Waals surface area contributed by atoms with Crippen LogP contribution < -0.4 is 10.2 Å². The molecule has 2 heterocycles. The molecule has 28 heavy (non-hydrogen) atoms. The Morgan fingerprint density at radius 3 is 3.07 bits per heavy atom. The van der Waals surface area contributed by atoms with E-state index in [-0.39, 0.29) is 11.4 Å². The van der Waals surface area contributed by atoms with Crippen LogP contribution in [0.25, 0.3) is 11.1 Å². The number of hydrogen-bond acceptors (Lipinski definition) is 5. The Hall–Kier alpha value is -2.56. The fraction of sp³-hybridized carbons (Fsp3) is 0.364. The van der Waals surface area contributed by atoms with Crippen molar-refractivity contribution in [2.75, 3.05) is 11.9 Å². The minimum absolute atomic E-state index is 0.101. The molecular formula is C22H21N3O2S. The number of aromatic nitrogens is 1. The second-order valence-electron chi connectivity index (χ2n) is 7.82. The van der Waals surface area contributed by atoms with Gasteiger partial charge in [0.2, 0.25) is 5.91 Å². The van der Waals surface area contributed by atoms with E-state index in [1.807, 2.05) is 37.2 Å². The second-order valence-corrected chi connectivity index (χ2v) is 8.85. The Balaban J connectivity index is 1.60. The van der Waals surface area contributed by atoms with Crippen molar-refractivity contribution in [2.45, 2.75) is 49.0 Å². The molecule has 0 spiro atoms. The lowest BCUT2D eigenvalue weighted by molar-refractivity contribution is -0.122. The number of rotatable bonds is 3. The molecule has 1 fully saturated rings. The first kappa shape index (κ1) is 17.5. The number of pyridine rings is 1. The van der Waals surface area contributed by atoms with Gasteiger partial charge < -0.3 is 10.2 Å². The van der Waals surface area contributed by atoms with Gasteiger partial charge in [-0.1, -0.05) is 24.8 Å². The van der Waals surface area contributed by atoms with Gasteiger partial charge in [-0.2, -0.15) is 0 Å². The highest BCUT2D eigenvalue weighted by Gasteiger charge is 2.51. The zero-order chi connectivity index (χ0) is 19.5. The van der Waals surface area contributed by atoms with Crippen molar-refractivity contribution in [1.29, 1.82) is 0 Å². The predicted octanol–water partition coefficient (Wildman–Crippen LogP) is 3.97. The van der Waals surface area contributed by atoms with Crippen LogP contribution >= 0.6 is 11.8 Å². The van der Waals surface area contributed by atoms with Crippen molar-refractivity contribution in [2.24, 2.45) is 0 Å². The summed E-state index contributed by atoms with van der Waals surface area (Å²) in [6.07, 6.45) is 7.42. The molecule has 1 aromatic heterocycles. The summed E-state index contributed by atoms with van der Waals surface area (Å²) in [5.41, 5.74) is 5.54. The van der Waals surface area contributed by atoms with Crippen LogP contribution in [0.2, 0.25) is 0 Å². The highest BCUT2D eigenvalue weighted by Crippen LogP contribution is 2.58. The van der Waals surface area contributed by atoms with Gasteiger partial charge in [0, 0.05) is 36.3 Å². The van der Waals surface area contributed by atoms with Gasteiger partial charge in [0.15, 0.2) is 11.0 Å². The van der Waals surface area contributed by atoms with Crippen molar-refractivity contribution in [3.8, 4) is 11.1 Å². The van der Waals surface area contributed by atoms with E-state index in [1.54, 1.807) is 0 Å². The summed E-state index contributed by atoms with van der Waals surface area (Å²) in [5, 5.41) is 3.88. The fourth-order valence-corrected chi connectivity index (χ4v) is 5.99. The van der Waals surface area contributed by atoms with Gasteiger partial charge in [-0.3, -0.25) is 9.78 Å². The average molecular weight is 391 g/mol. The number of hydrogen-bond donors (Lipinski definition) is 1. The number of benzene rings is 1. The molecule has 2 aliphatic carbocycles. The summed E-state index contributed by atoms with van der Waals surface area (Å²) in [6, 6.07) is 6.30. The summed E-state index contributed by atoms with van der Waals surface area (Å²) in [6.45, 7) is 1.89. The van der Waals surface area contributed by atoms with Crippen molar-refractivity contribution in [3.05, 3.63) is 46.7 Å². The Kier molecular flexibility index (Phi) is 3.90. The van der Waals surface area contributed by atoms with E-state index in [1.165, 1.54) is 22.9 Å². The van der Waals surface area contributed by atoms with E-state index in [0.29, 0.717) is 17.4 Å². The van der Waals surface area contributed by atoms with Crippen molar-refractivity contribution in [3.63, 3.8) is 0 Å². The number of nitrogens with one attached hydrogen (secondary N) is 1. The van der Waals surface area contributed by atoms with Crippen LogP contribution in [0, 0.1) is 0 Å². The van der Waals surface area contributed by atoms with Gasteiger partial charge in [0.05, 0.1) is 11.2 Å². The van der Waals surface area contributed by atoms with Gasteiger partial charge in [-0.15, -0.1) is 0 Å². The van der Waals surface area contributed by atoms with E-state index in [2.05, 4.69) is 28.5 Å². The number of anilines is 1. The normalized spacial score (nSPS) is 24.1. The Morgan fingerprint density at radius 2 is 2.29 bits per heavy atom. The number of thioether (sulfide) groups is 1. The van der Waals surface area contributed by atoms with Gasteiger partial charge >= 0.3 is 0 Å². The lowest BCUT2D eigenvalue weighted by Crippen LogP contribution is -2.42. The van der Waals surface area contributed by atoms with Crippen LogP contribution in [-0.4, -0.2) is 23.9 Å². The molecule has 1 aromatic carbocycles. The summed E-state index contributed by atoms with van der Waals surface area (Å²) >= 11 is 1.45. The Bertz CT molecular complexity index is 1060. The largest absolute Gasteiger partial charge is 0.347 e. The molecule has 2 aromatic rings. The third kappa shape index (κ3) is 2.38. The van der Waals surface area contributed by atoms with Gasteiger partial charge in [-0.05, 0) is 54.0 Å². The van der Waals surface area contributed by atoms with Crippen LogP contribution in [-0.2, 0) is 15.1 Å². The van der Waals surface area contributed by atoms with Crippen LogP contribution in [0.5, 0.6) is 0 Å². The number of nitrogens with zero attached hydrogens (tertiary/aromatic N) is 2. The molecule has 6 heteroatoms. The third-order valence-electron chi connectivity index (χ3n) is 6.36. The number of amides is 1. The van der Waals surface area contributed by atoms with E-state index < -0.39 is 0 Å². The Morgan fingerprint density at radius 1 is 1.43 bits per heavy atom. The van der Waals surface area contributed by atoms with Crippen molar-refractivity contribution in [1.82, 2.24) is 10.3 Å². The summed E-state index contributed by atoms with van der Waals surface area (Å²) in [7, 11) is 1.89. The topological polar surface area (TPSA) is 62.3 Å². The molecule has 5 nitrogen and oxygen atoms in total. The highest BCUT2D eigenvalue weighted by molar-refractivity contribution is 8.04. The predicted molar refractivity (Wildman–Crippen MR) is 110 cm³/mol. The van der Waals surface area contributed by atoms with Crippen LogP contribution in [0.3, 0.4) is 0 Å². The smallest absolute Gasteiger partial charge is 0.220 e. The average Bonchev–Trinajstić information content (AvgIpc) is 3.37. The number of fused-ring (bicyclic) bond motifs is 6. The van der Waals surface area contributed by atoms with Crippen LogP contribution in [0.1, 0.15) is 49.7 Å². The zero-order valence-electron chi connectivity index (χ0n) is 15.9. The molecule has 2 bridgehead atoms. The molecule has 1 N–H and O–H groups in total. The number of carbonyl (C=O) groups excluding carboxylic acids is 2. The second kappa shape index (κ2) is 6.23. The molecule has 2 unspecified atom stereocenters. The first-order valence-corrected chi connectivity index (χ1v) is 10.5. The Labute approximate surface area is 168 Å². The van der Waals surface area contributed by atoms with E-state index in [4.69, 9.17) is 0 Å². The first-order chi connectivity index (χ1) is 13.6. The van der Waals surface area contributed by atoms with E-state index in [0.717, 1.165) is 41.0 Å². The lowest BCUT2D eigenvalue weighted by atomic mass is 9.84. The quantitative estimate of drug-likeness (QED) is 0.803. The molecule has 0 saturated heterocycles. The third-order valence-corrected chi connectivity index (χ3v) is 7.45. The minimum Gasteiger partial charge on any atom is -0.347 e. The summed E-state index contributed by atoms with van der Waals surface area (Å²) in [5.74, 6) is 2.57. The minimum atomic E-state index is -0.255. The monoisotopic (exact) mass is 391 g/mol. The van der Waals surface area contributed by atoms with Gasteiger partial charge in [-0.25, -0.2) is 4.79 Å². The highest BCUT2D eigenvalue weighted by atomic mass is 32.2. The molecular weight excluding hydrogens is 370 g/mol. The number of carbonyl (C=O) groups is 1. The summed E-state index contributed by atoms with van der Waals surface area (Å²) < 4.78 is 0. The maximum atomic E-state index is 12.2. The SMILES string of the molecule is CCC(=O)NC12CCC(C1)c1c(-c3ccc4c(c3)SC(=C=O)N4C)cncc12. The fourth-order valence-electron chi connectivity index (χ4n) is 5.01. The molecule has 3 aliphatic rings. The van der Waals surface area contributed by atoms with E-state index in [9.17, 15) is 9.59 Å². The standard InChI is InChI=1S/C22H21N3O2S/c1-3-19(27)24-22-7-6-14(9-22)21-15(10-23-11-16(21)22)13-4-5-17-18(8-13)28-20(12-26)25(17)2/h4-5,8,10-11,14H,3,6-7,9H2,1-2H3,(H,24,27). The van der Waals surface area contributed by atoms with Crippen molar-refractivity contribution >= 4 is 29.3 Å². The molecule has 1 aliphatic heterocycles. The van der Waals surface area contributed by atoms with Gasteiger partial charge in [0.25, 0.3) is 0 Å². The maximum absolute atomic E-state index is 12.2. The van der Waals surface area contributed by atoms with Crippen molar-refractivity contribution < 1.29 is 9.59 Å². The maximum Gasteiger partial charge on any atom is 0.220 e. The molecule has 2 atom stereocenters. The van der Waals surface area contributed by atoms with E-state index >= 15 is 0 Å².